The molecule has 3 heterocycles. The number of ether oxygens (including phenoxy) is 1. The number of aromatic amines is 1. The lowest BCUT2D eigenvalue weighted by molar-refractivity contribution is 0.0588. The number of thiophene rings is 1. The molecule has 0 aliphatic heterocycles. The number of carbonyl (C=O) groups is 2. The number of nitrogens with one attached hydrogen (secondary N) is 3. The summed E-state index contributed by atoms with van der Waals surface area (Å²) in [4.78, 5) is 40.2. The minimum Gasteiger partial charge on any atom is -0.505 e. The molecule has 0 saturated heterocycles. The summed E-state index contributed by atoms with van der Waals surface area (Å²) in [7, 11) is -1.82. The van der Waals surface area contributed by atoms with E-state index in [-0.39, 0.29) is 15.4 Å². The van der Waals surface area contributed by atoms with Crippen LogP contribution in [0, 0.1) is 0 Å². The summed E-state index contributed by atoms with van der Waals surface area (Å²) in [5, 5.41) is 11.4. The molecule has 11 nitrogen and oxygen atoms in total. The first-order chi connectivity index (χ1) is 13.2. The third kappa shape index (κ3) is 3.26. The molecule has 0 spiro atoms. The van der Waals surface area contributed by atoms with Gasteiger partial charge < -0.3 is 19.4 Å². The maximum atomic E-state index is 12.4. The Labute approximate surface area is 161 Å². The number of methoxy groups -OCH3 is 1. The third-order valence-corrected chi connectivity index (χ3v) is 6.12. The summed E-state index contributed by atoms with van der Waals surface area (Å²) in [5.41, 5.74) is 0.682. The van der Waals surface area contributed by atoms with Gasteiger partial charge in [0.15, 0.2) is 10.8 Å². The fourth-order valence-electron chi connectivity index (χ4n) is 2.51. The zero-order valence-electron chi connectivity index (χ0n) is 14.5. The number of esters is 1. The van der Waals surface area contributed by atoms with Crippen LogP contribution in [-0.4, -0.2) is 42.1 Å². The number of hydrogen-bond donors (Lipinski definition) is 4. The van der Waals surface area contributed by atoms with Crippen LogP contribution in [0.1, 0.15) is 20.8 Å². The highest BCUT2D eigenvalue weighted by molar-refractivity contribution is 7.89. The molecule has 28 heavy (non-hydrogen) atoms. The number of hydrogen-bond acceptors (Lipinski definition) is 8. The van der Waals surface area contributed by atoms with Crippen molar-refractivity contribution in [2.45, 2.75) is 5.03 Å². The minimum atomic E-state index is -4.29. The van der Waals surface area contributed by atoms with Gasteiger partial charge in [-0.1, -0.05) is 0 Å². The van der Waals surface area contributed by atoms with Crippen LogP contribution in [0.15, 0.2) is 33.4 Å². The van der Waals surface area contributed by atoms with Crippen molar-refractivity contribution in [3.05, 3.63) is 45.2 Å². The highest BCUT2D eigenvalue weighted by Gasteiger charge is 2.25. The van der Waals surface area contributed by atoms with Crippen molar-refractivity contribution in [3.63, 3.8) is 0 Å². The lowest BCUT2D eigenvalue weighted by Gasteiger charge is -2.10. The van der Waals surface area contributed by atoms with E-state index >= 15 is 0 Å². The van der Waals surface area contributed by atoms with Gasteiger partial charge in [0.1, 0.15) is 11.3 Å². The number of amides is 1. The first-order valence-corrected chi connectivity index (χ1v) is 9.92. The molecule has 4 N–H and O–H groups in total. The molecule has 0 radical (unpaired) electrons. The molecule has 0 atom stereocenters. The van der Waals surface area contributed by atoms with E-state index in [0.717, 1.165) is 29.1 Å². The van der Waals surface area contributed by atoms with Crippen molar-refractivity contribution >= 4 is 43.5 Å². The number of aromatic hydroxyl groups is 1. The average Bonchev–Trinajstić information content (AvgIpc) is 3.26. The van der Waals surface area contributed by atoms with E-state index in [1.165, 1.54) is 13.1 Å². The number of hydrazine groups is 1. The Bertz CT molecular complexity index is 1250. The van der Waals surface area contributed by atoms with Gasteiger partial charge in [0.25, 0.3) is 21.5 Å². The second kappa shape index (κ2) is 7.10. The topological polar surface area (TPSA) is 160 Å². The summed E-state index contributed by atoms with van der Waals surface area (Å²) >= 11 is 1.10. The lowest BCUT2D eigenvalue weighted by Crippen LogP contribution is -2.43. The number of H-pyrrole nitrogens is 1. The fourth-order valence-corrected chi connectivity index (χ4v) is 4.35. The molecule has 0 aliphatic rings. The molecule has 3 aromatic rings. The van der Waals surface area contributed by atoms with Crippen molar-refractivity contribution in [1.82, 2.24) is 19.8 Å². The molecule has 1 amide bonds. The van der Waals surface area contributed by atoms with E-state index in [1.54, 1.807) is 11.4 Å². The van der Waals surface area contributed by atoms with Crippen molar-refractivity contribution in [2.75, 3.05) is 7.11 Å². The highest BCUT2D eigenvalue weighted by atomic mass is 32.2. The summed E-state index contributed by atoms with van der Waals surface area (Å²) in [6.07, 6.45) is 0. The predicted molar refractivity (Wildman–Crippen MR) is 98.7 cm³/mol. The van der Waals surface area contributed by atoms with Crippen LogP contribution in [0.5, 0.6) is 5.75 Å². The smallest absolute Gasteiger partial charge is 0.354 e. The second-order valence-corrected chi connectivity index (χ2v) is 8.05. The molecule has 13 heteroatoms. The van der Waals surface area contributed by atoms with E-state index in [2.05, 4.69) is 9.72 Å². The summed E-state index contributed by atoms with van der Waals surface area (Å²) in [5.74, 6) is -2.45. The zero-order chi connectivity index (χ0) is 20.6. The van der Waals surface area contributed by atoms with Gasteiger partial charge in [0.05, 0.1) is 17.3 Å². The van der Waals surface area contributed by atoms with Crippen LogP contribution in [0.3, 0.4) is 0 Å². The van der Waals surface area contributed by atoms with Gasteiger partial charge >= 0.3 is 5.97 Å². The molecule has 0 bridgehead atoms. The van der Waals surface area contributed by atoms with E-state index < -0.39 is 38.8 Å². The van der Waals surface area contributed by atoms with Gasteiger partial charge in [0, 0.05) is 7.05 Å². The first kappa shape index (κ1) is 19.6. The number of aromatic nitrogens is 2. The molecule has 0 fully saturated rings. The Balaban J connectivity index is 1.86. The van der Waals surface area contributed by atoms with Crippen LogP contribution < -0.4 is 15.8 Å². The lowest BCUT2D eigenvalue weighted by atomic mass is 10.2. The average molecular weight is 426 g/mol. The summed E-state index contributed by atoms with van der Waals surface area (Å²) in [6.45, 7) is 0. The largest absolute Gasteiger partial charge is 0.505 e. The van der Waals surface area contributed by atoms with Gasteiger partial charge in [-0.05, 0) is 23.6 Å². The van der Waals surface area contributed by atoms with Gasteiger partial charge in [-0.25, -0.2) is 13.2 Å². The monoisotopic (exact) mass is 426 g/mol. The second-order valence-electron chi connectivity index (χ2n) is 5.51. The maximum Gasteiger partial charge on any atom is 0.354 e. The Hall–Kier alpha value is -3.16. The standard InChI is InChI=1S/C15H14N4O7S2/c1-19-8(15(23)26-2)3-4-9(19)28(24,25)18-17-14(22)10-11(20)12-7(5-6-27-12)16-13(10)21/h3-6,18H,1-2H3,(H,17,22)(H2,16,20,21). The molecule has 0 aromatic carbocycles. The van der Waals surface area contributed by atoms with Gasteiger partial charge in [-0.15, -0.1) is 16.2 Å². The molecule has 3 aromatic heterocycles. The van der Waals surface area contributed by atoms with Crippen molar-refractivity contribution in [3.8, 4) is 5.75 Å². The number of nitrogens with zero attached hydrogens (tertiary/aromatic N) is 1. The Morgan fingerprint density at radius 1 is 1.29 bits per heavy atom. The van der Waals surface area contributed by atoms with Crippen molar-refractivity contribution < 1.29 is 27.9 Å². The minimum absolute atomic E-state index is 0.0218. The Kier molecular flexibility index (Phi) is 4.97. The molecule has 3 rings (SSSR count). The number of fused-ring (bicyclic) bond motifs is 1. The van der Waals surface area contributed by atoms with Crippen molar-refractivity contribution in [1.29, 1.82) is 0 Å². The van der Waals surface area contributed by atoms with E-state index in [1.807, 2.05) is 10.3 Å². The van der Waals surface area contributed by atoms with Crippen LogP contribution in [0.25, 0.3) is 10.2 Å². The summed E-state index contributed by atoms with van der Waals surface area (Å²) < 4.78 is 30.7. The molecule has 0 unspecified atom stereocenters. The maximum absolute atomic E-state index is 12.4. The number of carbonyl (C=O) groups excluding carboxylic acids is 2. The van der Waals surface area contributed by atoms with Crippen LogP contribution in [0.4, 0.5) is 0 Å². The molecular formula is C15H14N4O7S2. The van der Waals surface area contributed by atoms with Crippen LogP contribution >= 0.6 is 11.3 Å². The normalized spacial score (nSPS) is 11.5. The Morgan fingerprint density at radius 2 is 2.00 bits per heavy atom. The molecule has 0 aliphatic carbocycles. The number of rotatable bonds is 5. The van der Waals surface area contributed by atoms with E-state index in [4.69, 9.17) is 0 Å². The predicted octanol–water partition coefficient (Wildman–Crippen LogP) is 0.0436. The van der Waals surface area contributed by atoms with Crippen molar-refractivity contribution in [2.24, 2.45) is 7.05 Å². The van der Waals surface area contributed by atoms with Crippen LogP contribution in [0.2, 0.25) is 0 Å². The molecule has 0 saturated carbocycles. The summed E-state index contributed by atoms with van der Waals surface area (Å²) in [6, 6.07) is 3.94. The zero-order valence-corrected chi connectivity index (χ0v) is 16.1. The van der Waals surface area contributed by atoms with Gasteiger partial charge in [-0.3, -0.25) is 15.0 Å². The fraction of sp³-hybridized carbons (Fsp3) is 0.133. The number of pyridine rings is 1. The molecular weight excluding hydrogens is 412 g/mol. The quantitative estimate of drug-likeness (QED) is 0.331. The van der Waals surface area contributed by atoms with E-state index in [0.29, 0.717) is 5.52 Å². The van der Waals surface area contributed by atoms with E-state index in [9.17, 15) is 27.9 Å². The SMILES string of the molecule is COC(=O)c1ccc(S(=O)(=O)NNC(=O)c2c(O)c3sccc3[nH]c2=O)n1C. The third-order valence-electron chi connectivity index (χ3n) is 3.86. The highest BCUT2D eigenvalue weighted by Crippen LogP contribution is 2.29. The first-order valence-electron chi connectivity index (χ1n) is 7.56. The van der Waals surface area contributed by atoms with Gasteiger partial charge in [-0.2, -0.15) is 0 Å². The Morgan fingerprint density at radius 3 is 2.68 bits per heavy atom. The van der Waals surface area contributed by atoms with Gasteiger partial charge in [0.2, 0.25) is 0 Å². The molecule has 148 valence electrons. The number of sulfonamides is 1. The van der Waals surface area contributed by atoms with Crippen LogP contribution in [-0.2, 0) is 21.8 Å².